The highest BCUT2D eigenvalue weighted by atomic mass is 19.1. The van der Waals surface area contributed by atoms with Crippen molar-refractivity contribution in [3.8, 4) is 0 Å². The number of aromatic nitrogens is 3. The summed E-state index contributed by atoms with van der Waals surface area (Å²) in [6.45, 7) is 8.63. The molecule has 2 aliphatic rings. The van der Waals surface area contributed by atoms with Gasteiger partial charge < -0.3 is 15.1 Å². The Balaban J connectivity index is 1.35. The van der Waals surface area contributed by atoms with Gasteiger partial charge in [0.1, 0.15) is 11.6 Å². The number of nitrogens with zero attached hydrogens (tertiary/aromatic N) is 5. The summed E-state index contributed by atoms with van der Waals surface area (Å²) in [5.41, 5.74) is 4.19. The number of hydrogen-bond donors (Lipinski definition) is 1. The first-order valence-corrected chi connectivity index (χ1v) is 11.8. The second-order valence-corrected chi connectivity index (χ2v) is 9.55. The molecule has 5 rings (SSSR count). The summed E-state index contributed by atoms with van der Waals surface area (Å²) in [5, 5.41) is 7.99. The lowest BCUT2D eigenvalue weighted by Gasteiger charge is -2.43. The van der Waals surface area contributed by atoms with Gasteiger partial charge in [-0.2, -0.15) is 9.61 Å². The highest BCUT2D eigenvalue weighted by Crippen LogP contribution is 2.32. The van der Waals surface area contributed by atoms with E-state index in [0.29, 0.717) is 32.1 Å². The number of rotatable bonds is 6. The van der Waals surface area contributed by atoms with Crippen molar-refractivity contribution >= 4 is 17.4 Å². The molecule has 1 fully saturated rings. The van der Waals surface area contributed by atoms with E-state index in [-0.39, 0.29) is 17.6 Å². The zero-order chi connectivity index (χ0) is 22.9. The van der Waals surface area contributed by atoms with Crippen molar-refractivity contribution in [3.63, 3.8) is 0 Å². The molecule has 4 heterocycles. The Labute approximate surface area is 193 Å². The number of hydrogen-bond acceptors (Lipinski definition) is 5. The number of carbonyl (C=O) groups is 1. The van der Waals surface area contributed by atoms with Crippen LogP contribution in [-0.2, 0) is 24.2 Å². The van der Waals surface area contributed by atoms with Gasteiger partial charge >= 0.3 is 0 Å². The molecule has 0 atom stereocenters. The lowest BCUT2D eigenvalue weighted by atomic mass is 9.96. The third-order valence-electron chi connectivity index (χ3n) is 6.50. The first-order chi connectivity index (χ1) is 16.0. The van der Waals surface area contributed by atoms with Gasteiger partial charge in [0.05, 0.1) is 17.8 Å². The fraction of sp³-hybridized carbons (Fsp3) is 0.480. The lowest BCUT2D eigenvalue weighted by Crippen LogP contribution is -2.55. The molecule has 2 aromatic heterocycles. The first-order valence-electron chi connectivity index (χ1n) is 11.8. The van der Waals surface area contributed by atoms with Crippen LogP contribution in [0.4, 0.5) is 10.2 Å². The van der Waals surface area contributed by atoms with Crippen molar-refractivity contribution in [3.05, 3.63) is 59.2 Å². The van der Waals surface area contributed by atoms with Crippen molar-refractivity contribution in [2.45, 2.75) is 33.2 Å². The molecule has 1 saturated heterocycles. The van der Waals surface area contributed by atoms with Gasteiger partial charge in [0.15, 0.2) is 5.65 Å². The molecule has 33 heavy (non-hydrogen) atoms. The molecule has 0 bridgehead atoms. The van der Waals surface area contributed by atoms with Gasteiger partial charge in [-0.05, 0) is 36.6 Å². The molecular formula is C25H31FN6O. The summed E-state index contributed by atoms with van der Waals surface area (Å²) in [4.78, 5) is 22.5. The van der Waals surface area contributed by atoms with Gasteiger partial charge in [-0.1, -0.05) is 26.0 Å². The van der Waals surface area contributed by atoms with E-state index >= 15 is 0 Å². The summed E-state index contributed by atoms with van der Waals surface area (Å²) < 4.78 is 15.2. The standard InChI is InChI=1S/C25H31FN6O/c1-17(2)13-31(14-18-3-5-20(26)6-4-18)25(33)19-15-30(16-19)24-21-7-10-27-11-8-22(21)29-23-9-12-28-32(23)24/h3-6,9,12,17,19,27H,7-8,10-11,13-16H2,1-2H3. The second kappa shape index (κ2) is 9.09. The highest BCUT2D eigenvalue weighted by molar-refractivity contribution is 5.82. The number of halogens is 1. The van der Waals surface area contributed by atoms with Crippen molar-refractivity contribution in [2.24, 2.45) is 11.8 Å². The maximum Gasteiger partial charge on any atom is 0.229 e. The minimum absolute atomic E-state index is 0.0532. The lowest BCUT2D eigenvalue weighted by molar-refractivity contribution is -0.137. The van der Waals surface area contributed by atoms with Crippen LogP contribution in [-0.4, -0.2) is 58.1 Å². The van der Waals surface area contributed by atoms with E-state index in [1.54, 1.807) is 18.3 Å². The van der Waals surface area contributed by atoms with Crippen molar-refractivity contribution in [2.75, 3.05) is 37.6 Å². The second-order valence-electron chi connectivity index (χ2n) is 9.55. The Morgan fingerprint density at radius 2 is 1.94 bits per heavy atom. The van der Waals surface area contributed by atoms with Crippen molar-refractivity contribution in [1.82, 2.24) is 24.8 Å². The molecule has 2 aliphatic heterocycles. The number of amides is 1. The van der Waals surface area contributed by atoms with Gasteiger partial charge in [-0.15, -0.1) is 0 Å². The molecule has 0 spiro atoms. The van der Waals surface area contributed by atoms with Crippen LogP contribution in [0.2, 0.25) is 0 Å². The van der Waals surface area contributed by atoms with E-state index in [2.05, 4.69) is 29.2 Å². The maximum atomic E-state index is 13.4. The Morgan fingerprint density at radius 1 is 1.18 bits per heavy atom. The predicted molar refractivity (Wildman–Crippen MR) is 126 cm³/mol. The summed E-state index contributed by atoms with van der Waals surface area (Å²) in [5.74, 6) is 1.30. The Bertz CT molecular complexity index is 1140. The van der Waals surface area contributed by atoms with Gasteiger partial charge in [0.2, 0.25) is 5.91 Å². The zero-order valence-corrected chi connectivity index (χ0v) is 19.3. The van der Waals surface area contributed by atoms with Crippen LogP contribution >= 0.6 is 0 Å². The Hall–Kier alpha value is -3.00. The fourth-order valence-electron chi connectivity index (χ4n) is 4.89. The van der Waals surface area contributed by atoms with E-state index in [0.717, 1.165) is 48.7 Å². The average Bonchev–Trinajstić information content (AvgIpc) is 3.09. The molecule has 1 aromatic carbocycles. The van der Waals surface area contributed by atoms with Gasteiger partial charge in [0, 0.05) is 50.8 Å². The number of nitrogens with one attached hydrogen (secondary N) is 1. The van der Waals surface area contributed by atoms with Gasteiger partial charge in [0.25, 0.3) is 0 Å². The van der Waals surface area contributed by atoms with Crippen molar-refractivity contribution < 1.29 is 9.18 Å². The average molecular weight is 451 g/mol. The third kappa shape index (κ3) is 4.44. The summed E-state index contributed by atoms with van der Waals surface area (Å²) in [6, 6.07) is 8.38. The summed E-state index contributed by atoms with van der Waals surface area (Å²) in [7, 11) is 0. The van der Waals surface area contributed by atoms with Crippen LogP contribution in [0.15, 0.2) is 36.5 Å². The number of anilines is 1. The minimum atomic E-state index is -0.258. The van der Waals surface area contributed by atoms with Crippen LogP contribution in [0.3, 0.4) is 0 Å². The maximum absolute atomic E-state index is 13.4. The SMILES string of the molecule is CC(C)CN(Cc1ccc(F)cc1)C(=O)C1CN(c2c3c(nc4ccnn24)CCNCC3)C1. The summed E-state index contributed by atoms with van der Waals surface area (Å²) in [6.07, 6.45) is 3.60. The van der Waals surface area contributed by atoms with E-state index in [4.69, 9.17) is 4.98 Å². The quantitative estimate of drug-likeness (QED) is 0.626. The smallest absolute Gasteiger partial charge is 0.229 e. The highest BCUT2D eigenvalue weighted by Gasteiger charge is 2.38. The van der Waals surface area contributed by atoms with E-state index in [1.807, 2.05) is 15.5 Å². The monoisotopic (exact) mass is 450 g/mol. The largest absolute Gasteiger partial charge is 0.354 e. The zero-order valence-electron chi connectivity index (χ0n) is 19.3. The molecular weight excluding hydrogens is 419 g/mol. The topological polar surface area (TPSA) is 65.8 Å². The normalized spacial score (nSPS) is 16.5. The van der Waals surface area contributed by atoms with Crippen LogP contribution < -0.4 is 10.2 Å². The van der Waals surface area contributed by atoms with E-state index in [9.17, 15) is 9.18 Å². The molecule has 0 unspecified atom stereocenters. The Morgan fingerprint density at radius 3 is 2.70 bits per heavy atom. The van der Waals surface area contributed by atoms with E-state index < -0.39 is 0 Å². The predicted octanol–water partition coefficient (Wildman–Crippen LogP) is 2.68. The molecule has 8 heteroatoms. The van der Waals surface area contributed by atoms with Crippen molar-refractivity contribution in [1.29, 1.82) is 0 Å². The molecule has 1 amide bonds. The van der Waals surface area contributed by atoms with Crippen LogP contribution in [0.1, 0.15) is 30.7 Å². The van der Waals surface area contributed by atoms with E-state index in [1.165, 1.54) is 17.7 Å². The molecule has 7 nitrogen and oxygen atoms in total. The minimum Gasteiger partial charge on any atom is -0.354 e. The van der Waals surface area contributed by atoms with Gasteiger partial charge in [-0.3, -0.25) is 4.79 Å². The van der Waals surface area contributed by atoms with Crippen LogP contribution in [0, 0.1) is 17.7 Å². The molecule has 0 saturated carbocycles. The number of benzene rings is 1. The number of fused-ring (bicyclic) bond motifs is 2. The molecule has 3 aromatic rings. The van der Waals surface area contributed by atoms with Gasteiger partial charge in [-0.25, -0.2) is 9.37 Å². The Kier molecular flexibility index (Phi) is 6.01. The molecule has 0 aliphatic carbocycles. The summed E-state index contributed by atoms with van der Waals surface area (Å²) >= 11 is 0. The molecule has 0 radical (unpaired) electrons. The first kappa shape index (κ1) is 21.8. The third-order valence-corrected chi connectivity index (χ3v) is 6.50. The molecule has 1 N–H and O–H groups in total. The fourth-order valence-corrected chi connectivity index (χ4v) is 4.89. The van der Waals surface area contributed by atoms with Crippen LogP contribution in [0.25, 0.3) is 5.65 Å². The molecule has 174 valence electrons. The van der Waals surface area contributed by atoms with Crippen LogP contribution in [0.5, 0.6) is 0 Å². The number of carbonyl (C=O) groups excluding carboxylic acids is 1.